The van der Waals surface area contributed by atoms with Crippen LogP contribution in [0.4, 0.5) is 9.52 Å². The van der Waals surface area contributed by atoms with Crippen molar-refractivity contribution in [3.63, 3.8) is 0 Å². The number of hydrogen-bond acceptors (Lipinski definition) is 3. The van der Waals surface area contributed by atoms with Crippen molar-refractivity contribution in [2.45, 2.75) is 20.8 Å². The van der Waals surface area contributed by atoms with Crippen molar-refractivity contribution < 1.29 is 9.18 Å². The molecule has 25 heavy (non-hydrogen) atoms. The number of amides is 1. The van der Waals surface area contributed by atoms with Crippen LogP contribution in [0.5, 0.6) is 0 Å². The Bertz CT molecular complexity index is 925. The minimum Gasteiger partial charge on any atom is -0.298 e. The van der Waals surface area contributed by atoms with Gasteiger partial charge in [0, 0.05) is 10.9 Å². The molecule has 0 radical (unpaired) electrons. The average Bonchev–Trinajstić information content (AvgIpc) is 2.94. The first kappa shape index (κ1) is 17.6. The Kier molecular flexibility index (Phi) is 4.88. The van der Waals surface area contributed by atoms with E-state index in [4.69, 9.17) is 11.6 Å². The minimum absolute atomic E-state index is 0.0690. The van der Waals surface area contributed by atoms with E-state index in [-0.39, 0.29) is 10.6 Å². The lowest BCUT2D eigenvalue weighted by Gasteiger charge is -2.09. The molecular formula is C19H16ClFN2OS. The molecule has 1 N–H and O–H groups in total. The molecule has 1 heterocycles. The van der Waals surface area contributed by atoms with Gasteiger partial charge in [-0.3, -0.25) is 10.1 Å². The summed E-state index contributed by atoms with van der Waals surface area (Å²) in [7, 11) is 0. The van der Waals surface area contributed by atoms with E-state index in [0.717, 1.165) is 22.4 Å². The van der Waals surface area contributed by atoms with Crippen LogP contribution in [-0.2, 0) is 0 Å². The molecule has 1 aromatic heterocycles. The SMILES string of the molecule is Cc1cc(C)c(-c2csc(NC(=O)c3c(F)cccc3Cl)n2)c(C)c1. The van der Waals surface area contributed by atoms with Gasteiger partial charge in [0.05, 0.1) is 16.3 Å². The van der Waals surface area contributed by atoms with Crippen molar-refractivity contribution >= 4 is 34.0 Å². The topological polar surface area (TPSA) is 42.0 Å². The van der Waals surface area contributed by atoms with Gasteiger partial charge in [0.15, 0.2) is 5.13 Å². The van der Waals surface area contributed by atoms with Crippen LogP contribution in [0.25, 0.3) is 11.3 Å². The number of aryl methyl sites for hydroxylation is 3. The summed E-state index contributed by atoms with van der Waals surface area (Å²) in [5.74, 6) is -1.27. The Morgan fingerprint density at radius 3 is 2.52 bits per heavy atom. The Morgan fingerprint density at radius 2 is 1.88 bits per heavy atom. The number of nitrogens with zero attached hydrogens (tertiary/aromatic N) is 1. The zero-order valence-electron chi connectivity index (χ0n) is 14.0. The number of anilines is 1. The van der Waals surface area contributed by atoms with Crippen molar-refractivity contribution in [1.82, 2.24) is 4.98 Å². The van der Waals surface area contributed by atoms with Gasteiger partial charge in [0.25, 0.3) is 5.91 Å². The van der Waals surface area contributed by atoms with Crippen LogP contribution in [0, 0.1) is 26.6 Å². The zero-order valence-corrected chi connectivity index (χ0v) is 15.6. The molecule has 6 heteroatoms. The molecule has 0 atom stereocenters. The molecule has 0 aliphatic rings. The molecule has 1 amide bonds. The first-order valence-electron chi connectivity index (χ1n) is 7.66. The van der Waals surface area contributed by atoms with Crippen LogP contribution in [0.1, 0.15) is 27.0 Å². The van der Waals surface area contributed by atoms with Gasteiger partial charge in [-0.25, -0.2) is 9.37 Å². The number of halogens is 2. The number of nitrogens with one attached hydrogen (secondary N) is 1. The summed E-state index contributed by atoms with van der Waals surface area (Å²) in [6.45, 7) is 6.12. The van der Waals surface area contributed by atoms with Crippen LogP contribution in [0.15, 0.2) is 35.7 Å². The van der Waals surface area contributed by atoms with E-state index >= 15 is 0 Å². The Hall–Kier alpha value is -2.24. The van der Waals surface area contributed by atoms with Crippen LogP contribution >= 0.6 is 22.9 Å². The fourth-order valence-electron chi connectivity index (χ4n) is 2.90. The smallest absolute Gasteiger partial charge is 0.261 e. The van der Waals surface area contributed by atoms with E-state index < -0.39 is 11.7 Å². The fraction of sp³-hybridized carbons (Fsp3) is 0.158. The van der Waals surface area contributed by atoms with Crippen LogP contribution in [0.2, 0.25) is 5.02 Å². The maximum absolute atomic E-state index is 13.9. The molecule has 128 valence electrons. The van der Waals surface area contributed by atoms with Crippen molar-refractivity contribution in [2.24, 2.45) is 0 Å². The van der Waals surface area contributed by atoms with E-state index in [1.54, 1.807) is 0 Å². The lowest BCUT2D eigenvalue weighted by molar-refractivity contribution is 0.102. The van der Waals surface area contributed by atoms with Crippen molar-refractivity contribution in [3.8, 4) is 11.3 Å². The van der Waals surface area contributed by atoms with E-state index in [2.05, 4.69) is 29.4 Å². The van der Waals surface area contributed by atoms with E-state index in [0.29, 0.717) is 5.13 Å². The Morgan fingerprint density at radius 1 is 1.20 bits per heavy atom. The van der Waals surface area contributed by atoms with Gasteiger partial charge >= 0.3 is 0 Å². The molecule has 3 nitrogen and oxygen atoms in total. The second-order valence-electron chi connectivity index (χ2n) is 5.86. The molecule has 2 aromatic carbocycles. The largest absolute Gasteiger partial charge is 0.298 e. The van der Waals surface area contributed by atoms with Gasteiger partial charge in [-0.05, 0) is 44.0 Å². The highest BCUT2D eigenvalue weighted by Crippen LogP contribution is 2.31. The third-order valence-electron chi connectivity index (χ3n) is 3.85. The van der Waals surface area contributed by atoms with Gasteiger partial charge in [-0.15, -0.1) is 11.3 Å². The summed E-state index contributed by atoms with van der Waals surface area (Å²) in [5, 5.41) is 4.97. The van der Waals surface area contributed by atoms with E-state index in [1.165, 1.54) is 35.1 Å². The molecule has 0 spiro atoms. The van der Waals surface area contributed by atoms with Crippen molar-refractivity contribution in [3.05, 3.63) is 68.8 Å². The Balaban J connectivity index is 1.89. The molecule has 0 saturated heterocycles. The summed E-state index contributed by atoms with van der Waals surface area (Å²) in [5.41, 5.74) is 5.09. The molecule has 0 fully saturated rings. The molecule has 0 bridgehead atoms. The van der Waals surface area contributed by atoms with Gasteiger partial charge in [-0.2, -0.15) is 0 Å². The minimum atomic E-state index is -0.660. The first-order valence-corrected chi connectivity index (χ1v) is 8.91. The van der Waals surface area contributed by atoms with E-state index in [9.17, 15) is 9.18 Å². The zero-order chi connectivity index (χ0) is 18.1. The third-order valence-corrected chi connectivity index (χ3v) is 4.92. The number of carbonyl (C=O) groups is 1. The number of carbonyl (C=O) groups excluding carboxylic acids is 1. The quantitative estimate of drug-likeness (QED) is 0.631. The molecular weight excluding hydrogens is 359 g/mol. The summed E-state index contributed by atoms with van der Waals surface area (Å²) in [4.78, 5) is 16.8. The molecule has 3 aromatic rings. The number of hydrogen-bond donors (Lipinski definition) is 1. The average molecular weight is 375 g/mol. The second kappa shape index (κ2) is 6.94. The summed E-state index contributed by atoms with van der Waals surface area (Å²) < 4.78 is 13.9. The molecule has 0 unspecified atom stereocenters. The summed E-state index contributed by atoms with van der Waals surface area (Å²) in [6, 6.07) is 8.33. The second-order valence-corrected chi connectivity index (χ2v) is 7.13. The van der Waals surface area contributed by atoms with Gasteiger partial charge in [0.2, 0.25) is 0 Å². The first-order chi connectivity index (χ1) is 11.9. The molecule has 0 aliphatic heterocycles. The maximum Gasteiger partial charge on any atom is 0.261 e. The number of thiazole rings is 1. The molecule has 0 aliphatic carbocycles. The standard InChI is InChI=1S/C19H16ClFN2OS/c1-10-7-11(2)16(12(3)8-10)15-9-25-19(22-15)23-18(24)17-13(20)5-4-6-14(17)21/h4-9H,1-3H3,(H,22,23,24). The van der Waals surface area contributed by atoms with E-state index in [1.807, 2.05) is 19.2 Å². The highest BCUT2D eigenvalue weighted by atomic mass is 35.5. The summed E-state index contributed by atoms with van der Waals surface area (Å²) in [6.07, 6.45) is 0. The Labute approximate surface area is 154 Å². The number of aromatic nitrogens is 1. The van der Waals surface area contributed by atoms with Crippen LogP contribution < -0.4 is 5.32 Å². The third kappa shape index (κ3) is 3.57. The maximum atomic E-state index is 13.9. The van der Waals surface area contributed by atoms with Crippen LogP contribution in [0.3, 0.4) is 0 Å². The highest BCUT2D eigenvalue weighted by Gasteiger charge is 2.18. The van der Waals surface area contributed by atoms with Crippen LogP contribution in [-0.4, -0.2) is 10.9 Å². The van der Waals surface area contributed by atoms with Gasteiger partial charge in [-0.1, -0.05) is 35.4 Å². The predicted molar refractivity (Wildman–Crippen MR) is 101 cm³/mol. The highest BCUT2D eigenvalue weighted by molar-refractivity contribution is 7.14. The summed E-state index contributed by atoms with van der Waals surface area (Å²) >= 11 is 7.22. The lowest BCUT2D eigenvalue weighted by atomic mass is 9.98. The monoisotopic (exact) mass is 374 g/mol. The normalized spacial score (nSPS) is 10.8. The van der Waals surface area contributed by atoms with Crippen molar-refractivity contribution in [2.75, 3.05) is 5.32 Å². The van der Waals surface area contributed by atoms with Gasteiger partial charge in [0.1, 0.15) is 5.82 Å². The lowest BCUT2D eigenvalue weighted by Crippen LogP contribution is -2.14. The number of rotatable bonds is 3. The number of benzene rings is 2. The van der Waals surface area contributed by atoms with Crippen molar-refractivity contribution in [1.29, 1.82) is 0 Å². The molecule has 0 saturated carbocycles. The van der Waals surface area contributed by atoms with Gasteiger partial charge < -0.3 is 0 Å². The fourth-order valence-corrected chi connectivity index (χ4v) is 3.85. The predicted octanol–water partition coefficient (Wildman–Crippen LogP) is 5.78. The molecule has 3 rings (SSSR count).